The van der Waals surface area contributed by atoms with Crippen molar-refractivity contribution in [3.8, 4) is 0 Å². The minimum absolute atomic E-state index is 0.208. The van der Waals surface area contributed by atoms with E-state index in [0.717, 1.165) is 0 Å². The molecule has 0 saturated heterocycles. The van der Waals surface area contributed by atoms with Gasteiger partial charge in [0.2, 0.25) is 0 Å². The van der Waals surface area contributed by atoms with E-state index in [1.807, 2.05) is 0 Å². The average molecular weight is 244 g/mol. The first-order valence-corrected chi connectivity index (χ1v) is 5.47. The maximum atomic E-state index is 13.1. The Morgan fingerprint density at radius 2 is 1.83 bits per heavy atom. The van der Waals surface area contributed by atoms with Gasteiger partial charge < -0.3 is 10.6 Å². The summed E-state index contributed by atoms with van der Waals surface area (Å²) in [6, 6.07) is 12.5. The number of nitrogens with two attached hydrogens (primary N) is 1. The van der Waals surface area contributed by atoms with Gasteiger partial charge in [-0.3, -0.25) is 4.79 Å². The SMILES string of the molecule is CN(C(=O)c1ccc(N)cc1)c1cccc(F)c1. The Kier molecular flexibility index (Phi) is 3.28. The van der Waals surface area contributed by atoms with E-state index >= 15 is 0 Å². The largest absolute Gasteiger partial charge is 0.399 e. The Hall–Kier alpha value is -2.36. The lowest BCUT2D eigenvalue weighted by molar-refractivity contribution is 0.0993. The summed E-state index contributed by atoms with van der Waals surface area (Å²) in [7, 11) is 1.60. The fraction of sp³-hybridized carbons (Fsp3) is 0.0714. The first-order chi connectivity index (χ1) is 8.58. The van der Waals surface area contributed by atoms with Crippen molar-refractivity contribution >= 4 is 17.3 Å². The highest BCUT2D eigenvalue weighted by Gasteiger charge is 2.13. The van der Waals surface area contributed by atoms with Crippen LogP contribution in [0.5, 0.6) is 0 Å². The molecule has 0 bridgehead atoms. The van der Waals surface area contributed by atoms with E-state index < -0.39 is 0 Å². The molecule has 0 heterocycles. The number of benzene rings is 2. The van der Waals surface area contributed by atoms with Crippen molar-refractivity contribution in [2.75, 3.05) is 17.7 Å². The summed E-state index contributed by atoms with van der Waals surface area (Å²) >= 11 is 0. The zero-order valence-corrected chi connectivity index (χ0v) is 9.93. The first-order valence-electron chi connectivity index (χ1n) is 5.47. The highest BCUT2D eigenvalue weighted by molar-refractivity contribution is 6.05. The summed E-state index contributed by atoms with van der Waals surface area (Å²) in [5, 5.41) is 0. The van der Waals surface area contributed by atoms with Gasteiger partial charge in [0.05, 0.1) is 0 Å². The van der Waals surface area contributed by atoms with Gasteiger partial charge in [0.15, 0.2) is 0 Å². The Morgan fingerprint density at radius 3 is 2.44 bits per heavy atom. The molecule has 92 valence electrons. The number of amides is 1. The standard InChI is InChI=1S/C14H13FN2O/c1-17(13-4-2-3-11(15)9-13)14(18)10-5-7-12(16)8-6-10/h2-9H,16H2,1H3. The van der Waals surface area contributed by atoms with Crippen LogP contribution >= 0.6 is 0 Å². The molecule has 0 aromatic heterocycles. The Balaban J connectivity index is 2.26. The second-order valence-corrected chi connectivity index (χ2v) is 3.97. The van der Waals surface area contributed by atoms with Crippen LogP contribution < -0.4 is 10.6 Å². The number of carbonyl (C=O) groups excluding carboxylic acids is 1. The number of nitrogen functional groups attached to an aromatic ring is 1. The molecule has 0 fully saturated rings. The minimum atomic E-state index is -0.371. The number of carbonyl (C=O) groups is 1. The molecular formula is C14H13FN2O. The monoisotopic (exact) mass is 244 g/mol. The van der Waals surface area contributed by atoms with Crippen LogP contribution in [0.4, 0.5) is 15.8 Å². The van der Waals surface area contributed by atoms with Crippen LogP contribution in [0.1, 0.15) is 10.4 Å². The summed E-state index contributed by atoms with van der Waals surface area (Å²) in [4.78, 5) is 13.5. The second-order valence-electron chi connectivity index (χ2n) is 3.97. The third-order valence-electron chi connectivity index (χ3n) is 2.66. The maximum absolute atomic E-state index is 13.1. The van der Waals surface area contributed by atoms with Crippen LogP contribution in [0.2, 0.25) is 0 Å². The highest BCUT2D eigenvalue weighted by atomic mass is 19.1. The molecule has 0 radical (unpaired) electrons. The summed E-state index contributed by atoms with van der Waals surface area (Å²) < 4.78 is 13.1. The third kappa shape index (κ3) is 2.48. The summed E-state index contributed by atoms with van der Waals surface area (Å²) in [6.45, 7) is 0. The molecule has 4 heteroatoms. The van der Waals surface area contributed by atoms with E-state index in [-0.39, 0.29) is 11.7 Å². The average Bonchev–Trinajstić information content (AvgIpc) is 2.38. The molecule has 0 spiro atoms. The molecule has 2 N–H and O–H groups in total. The normalized spacial score (nSPS) is 10.1. The predicted octanol–water partition coefficient (Wildman–Crippen LogP) is 2.68. The van der Waals surface area contributed by atoms with Crippen molar-refractivity contribution in [3.63, 3.8) is 0 Å². The molecule has 2 aromatic rings. The minimum Gasteiger partial charge on any atom is -0.399 e. The lowest BCUT2D eigenvalue weighted by Crippen LogP contribution is -2.26. The lowest BCUT2D eigenvalue weighted by atomic mass is 10.1. The van der Waals surface area contributed by atoms with Crippen LogP contribution in [0.15, 0.2) is 48.5 Å². The molecule has 18 heavy (non-hydrogen) atoms. The van der Waals surface area contributed by atoms with Crippen molar-refractivity contribution < 1.29 is 9.18 Å². The highest BCUT2D eigenvalue weighted by Crippen LogP contribution is 2.17. The van der Waals surface area contributed by atoms with Gasteiger partial charge in [-0.25, -0.2) is 4.39 Å². The molecule has 2 rings (SSSR count). The zero-order valence-electron chi connectivity index (χ0n) is 9.93. The van der Waals surface area contributed by atoms with Gasteiger partial charge >= 0.3 is 0 Å². The molecule has 3 nitrogen and oxygen atoms in total. The van der Waals surface area contributed by atoms with Gasteiger partial charge in [0, 0.05) is 24.0 Å². The number of hydrogen-bond donors (Lipinski definition) is 1. The molecule has 0 aliphatic rings. The number of nitrogens with zero attached hydrogens (tertiary/aromatic N) is 1. The van der Waals surface area contributed by atoms with Crippen LogP contribution in [-0.2, 0) is 0 Å². The summed E-state index contributed by atoms with van der Waals surface area (Å²) in [5.41, 5.74) is 7.18. The third-order valence-corrected chi connectivity index (χ3v) is 2.66. The van der Waals surface area contributed by atoms with Gasteiger partial charge in [-0.05, 0) is 42.5 Å². The Labute approximate surface area is 105 Å². The topological polar surface area (TPSA) is 46.3 Å². The van der Waals surface area contributed by atoms with Crippen molar-refractivity contribution in [2.45, 2.75) is 0 Å². The number of halogens is 1. The van der Waals surface area contributed by atoms with Gasteiger partial charge in [-0.1, -0.05) is 6.07 Å². The Bertz CT molecular complexity index is 566. The van der Waals surface area contributed by atoms with Gasteiger partial charge in [-0.2, -0.15) is 0 Å². The van der Waals surface area contributed by atoms with E-state index in [2.05, 4.69) is 0 Å². The van der Waals surface area contributed by atoms with Gasteiger partial charge in [0.25, 0.3) is 5.91 Å². The molecule has 0 saturated carbocycles. The van der Waals surface area contributed by atoms with Gasteiger partial charge in [-0.15, -0.1) is 0 Å². The van der Waals surface area contributed by atoms with E-state index in [4.69, 9.17) is 5.73 Å². The molecule has 2 aromatic carbocycles. The van der Waals surface area contributed by atoms with E-state index in [1.165, 1.54) is 17.0 Å². The van der Waals surface area contributed by atoms with Crippen LogP contribution in [-0.4, -0.2) is 13.0 Å². The van der Waals surface area contributed by atoms with E-state index in [9.17, 15) is 9.18 Å². The van der Waals surface area contributed by atoms with Gasteiger partial charge in [0.1, 0.15) is 5.82 Å². The molecule has 0 atom stereocenters. The van der Waals surface area contributed by atoms with Crippen LogP contribution in [0.3, 0.4) is 0 Å². The van der Waals surface area contributed by atoms with Crippen LogP contribution in [0.25, 0.3) is 0 Å². The fourth-order valence-corrected chi connectivity index (χ4v) is 1.62. The predicted molar refractivity (Wildman–Crippen MR) is 70.0 cm³/mol. The number of hydrogen-bond acceptors (Lipinski definition) is 2. The molecular weight excluding hydrogens is 231 g/mol. The molecule has 1 amide bonds. The molecule has 0 aliphatic carbocycles. The fourth-order valence-electron chi connectivity index (χ4n) is 1.62. The molecule has 0 aliphatic heterocycles. The van der Waals surface area contributed by atoms with Crippen LogP contribution in [0, 0.1) is 5.82 Å². The van der Waals surface area contributed by atoms with Crippen molar-refractivity contribution in [2.24, 2.45) is 0 Å². The zero-order chi connectivity index (χ0) is 13.1. The Morgan fingerprint density at radius 1 is 1.17 bits per heavy atom. The lowest BCUT2D eigenvalue weighted by Gasteiger charge is -2.17. The van der Waals surface area contributed by atoms with Crippen molar-refractivity contribution in [1.29, 1.82) is 0 Å². The van der Waals surface area contributed by atoms with Crippen molar-refractivity contribution in [3.05, 3.63) is 59.9 Å². The maximum Gasteiger partial charge on any atom is 0.258 e. The second kappa shape index (κ2) is 4.87. The summed E-state index contributed by atoms with van der Waals surface area (Å²) in [5.74, 6) is -0.579. The van der Waals surface area contributed by atoms with Crippen molar-refractivity contribution in [1.82, 2.24) is 0 Å². The quantitative estimate of drug-likeness (QED) is 0.825. The number of rotatable bonds is 2. The number of anilines is 2. The smallest absolute Gasteiger partial charge is 0.258 e. The van der Waals surface area contributed by atoms with E-state index in [0.29, 0.717) is 16.9 Å². The first kappa shape index (κ1) is 12.1. The van der Waals surface area contributed by atoms with E-state index in [1.54, 1.807) is 43.4 Å². The molecule has 0 unspecified atom stereocenters. The summed E-state index contributed by atoms with van der Waals surface area (Å²) in [6.07, 6.45) is 0.